The number of aryl methyl sites for hydroxylation is 2. The van der Waals surface area contributed by atoms with Gasteiger partial charge in [0.15, 0.2) is 0 Å². The monoisotopic (exact) mass is 200 g/mol. The van der Waals surface area contributed by atoms with Gasteiger partial charge < -0.3 is 15.0 Å². The summed E-state index contributed by atoms with van der Waals surface area (Å²) in [6.45, 7) is 4.32. The Hall–Kier alpha value is -1.36. The molecule has 0 aliphatic rings. The largest absolute Gasteiger partial charge is 0.547 e. The van der Waals surface area contributed by atoms with Crippen molar-refractivity contribution < 1.29 is 19.6 Å². The zero-order chi connectivity index (χ0) is 11.1. The van der Waals surface area contributed by atoms with Crippen LogP contribution in [0.15, 0.2) is 18.7 Å². The molecule has 5 heteroatoms. The number of aromatic nitrogens is 2. The SMILES string of the molecule is CCn1cc[n+](C)c1.C[C@H](O)C(=O)[O-]. The summed E-state index contributed by atoms with van der Waals surface area (Å²) in [5, 5.41) is 17.3. The van der Waals surface area contributed by atoms with Crippen LogP contribution in [0.2, 0.25) is 0 Å². The van der Waals surface area contributed by atoms with E-state index < -0.39 is 12.1 Å². The van der Waals surface area contributed by atoms with Crippen LogP contribution in [0.4, 0.5) is 0 Å². The van der Waals surface area contributed by atoms with E-state index >= 15 is 0 Å². The van der Waals surface area contributed by atoms with Gasteiger partial charge in [-0.1, -0.05) is 0 Å². The number of carboxylic acids is 1. The molecule has 0 aliphatic carbocycles. The number of aliphatic carboxylic acids is 1. The van der Waals surface area contributed by atoms with Crippen LogP contribution < -0.4 is 9.67 Å². The lowest BCUT2D eigenvalue weighted by atomic mass is 10.4. The predicted molar refractivity (Wildman–Crippen MR) is 48.0 cm³/mol. The highest BCUT2D eigenvalue weighted by atomic mass is 16.4. The second-order valence-corrected chi connectivity index (χ2v) is 2.90. The number of hydrogen-bond donors (Lipinski definition) is 1. The molecule has 1 rings (SSSR count). The third-order valence-electron chi connectivity index (χ3n) is 1.53. The van der Waals surface area contributed by atoms with Crippen LogP contribution in [0.1, 0.15) is 13.8 Å². The maximum atomic E-state index is 9.34. The first-order valence-electron chi connectivity index (χ1n) is 4.37. The number of nitrogens with zero attached hydrogens (tertiary/aromatic N) is 2. The molecule has 1 N–H and O–H groups in total. The number of rotatable bonds is 2. The first-order chi connectivity index (χ1) is 6.47. The number of aliphatic hydroxyl groups is 1. The topological polar surface area (TPSA) is 69.2 Å². The van der Waals surface area contributed by atoms with Crippen molar-refractivity contribution in [2.24, 2.45) is 7.05 Å². The fraction of sp³-hybridized carbons (Fsp3) is 0.556. The lowest BCUT2D eigenvalue weighted by Crippen LogP contribution is -2.32. The summed E-state index contributed by atoms with van der Waals surface area (Å²) >= 11 is 0. The van der Waals surface area contributed by atoms with E-state index in [1.54, 1.807) is 0 Å². The Morgan fingerprint density at radius 3 is 2.36 bits per heavy atom. The smallest absolute Gasteiger partial charge is 0.243 e. The number of aliphatic hydroxyl groups excluding tert-OH is 1. The molecular weight excluding hydrogens is 184 g/mol. The Morgan fingerprint density at radius 2 is 2.21 bits per heavy atom. The zero-order valence-electron chi connectivity index (χ0n) is 8.67. The normalized spacial score (nSPS) is 11.4. The van der Waals surface area contributed by atoms with E-state index in [-0.39, 0.29) is 0 Å². The minimum Gasteiger partial charge on any atom is -0.547 e. The van der Waals surface area contributed by atoms with Crippen LogP contribution in [0, 0.1) is 0 Å². The highest BCUT2D eigenvalue weighted by Gasteiger charge is 1.92. The Bertz CT molecular complexity index is 281. The molecule has 0 amide bonds. The van der Waals surface area contributed by atoms with Gasteiger partial charge in [0.2, 0.25) is 6.33 Å². The van der Waals surface area contributed by atoms with E-state index in [1.807, 2.05) is 17.8 Å². The zero-order valence-corrected chi connectivity index (χ0v) is 8.67. The average molecular weight is 200 g/mol. The second kappa shape index (κ2) is 6.15. The highest BCUT2D eigenvalue weighted by molar-refractivity contribution is 5.68. The standard InChI is InChI=1S/C6H11N2.C3H6O3/c1-3-8-5-4-7(2)6-8;1-2(4)3(5)6/h4-6H,3H2,1-2H3;2,4H,1H3,(H,5,6)/q+1;/p-1/t;2-/m.0/s1. The van der Waals surface area contributed by atoms with Crippen molar-refractivity contribution in [3.05, 3.63) is 18.7 Å². The molecule has 1 atom stereocenters. The number of carbonyl (C=O) groups excluding carboxylic acids is 1. The van der Waals surface area contributed by atoms with Crippen LogP contribution >= 0.6 is 0 Å². The molecule has 0 aromatic carbocycles. The van der Waals surface area contributed by atoms with Crippen molar-refractivity contribution in [2.75, 3.05) is 0 Å². The van der Waals surface area contributed by atoms with Crippen molar-refractivity contribution >= 4 is 5.97 Å². The summed E-state index contributed by atoms with van der Waals surface area (Å²) in [5.41, 5.74) is 0. The van der Waals surface area contributed by atoms with Crippen LogP contribution in [-0.2, 0) is 18.4 Å². The van der Waals surface area contributed by atoms with E-state index in [4.69, 9.17) is 5.11 Å². The Kier molecular flexibility index (Phi) is 5.55. The van der Waals surface area contributed by atoms with Gasteiger partial charge in [0.25, 0.3) is 0 Å². The molecule has 0 bridgehead atoms. The van der Waals surface area contributed by atoms with Gasteiger partial charge in [-0.3, -0.25) is 0 Å². The third-order valence-corrected chi connectivity index (χ3v) is 1.53. The Morgan fingerprint density at radius 1 is 1.71 bits per heavy atom. The summed E-state index contributed by atoms with van der Waals surface area (Å²) < 4.78 is 4.16. The van der Waals surface area contributed by atoms with Gasteiger partial charge in [0.05, 0.1) is 25.7 Å². The molecule has 0 unspecified atom stereocenters. The van der Waals surface area contributed by atoms with E-state index in [1.165, 1.54) is 0 Å². The van der Waals surface area contributed by atoms with Crippen molar-refractivity contribution in [1.29, 1.82) is 0 Å². The molecule has 14 heavy (non-hydrogen) atoms. The number of hydrogen-bond acceptors (Lipinski definition) is 3. The van der Waals surface area contributed by atoms with E-state index in [2.05, 4.69) is 24.0 Å². The summed E-state index contributed by atoms with van der Waals surface area (Å²) in [6, 6.07) is 0. The van der Waals surface area contributed by atoms with Crippen molar-refractivity contribution in [3.63, 3.8) is 0 Å². The predicted octanol–water partition coefficient (Wildman–Crippen LogP) is -1.55. The fourth-order valence-corrected chi connectivity index (χ4v) is 0.689. The van der Waals surface area contributed by atoms with Gasteiger partial charge in [-0.2, -0.15) is 0 Å². The van der Waals surface area contributed by atoms with Gasteiger partial charge in [0.1, 0.15) is 12.4 Å². The first-order valence-corrected chi connectivity index (χ1v) is 4.37. The van der Waals surface area contributed by atoms with Crippen LogP contribution in [0.3, 0.4) is 0 Å². The van der Waals surface area contributed by atoms with Gasteiger partial charge in [-0.15, -0.1) is 0 Å². The van der Waals surface area contributed by atoms with Gasteiger partial charge in [0, 0.05) is 0 Å². The van der Waals surface area contributed by atoms with Crippen molar-refractivity contribution in [3.8, 4) is 0 Å². The average Bonchev–Trinajstić information content (AvgIpc) is 2.52. The second-order valence-electron chi connectivity index (χ2n) is 2.90. The Balaban J connectivity index is 0.000000255. The van der Waals surface area contributed by atoms with E-state index in [9.17, 15) is 9.90 Å². The Labute approximate surface area is 83.2 Å². The lowest BCUT2D eigenvalue weighted by molar-refractivity contribution is -0.671. The minimum atomic E-state index is -1.44. The van der Waals surface area contributed by atoms with E-state index in [0.717, 1.165) is 13.5 Å². The summed E-state index contributed by atoms with van der Waals surface area (Å²) in [5.74, 6) is -1.44. The number of carboxylic acid groups (broad SMARTS) is 1. The summed E-state index contributed by atoms with van der Waals surface area (Å²) in [6.07, 6.45) is 4.80. The maximum absolute atomic E-state index is 9.34. The lowest BCUT2D eigenvalue weighted by Gasteiger charge is -2.00. The summed E-state index contributed by atoms with van der Waals surface area (Å²) in [7, 11) is 2.02. The molecule has 0 spiro atoms. The third kappa shape index (κ3) is 5.31. The molecule has 5 nitrogen and oxygen atoms in total. The molecule has 1 aromatic rings. The summed E-state index contributed by atoms with van der Waals surface area (Å²) in [4.78, 5) is 9.34. The van der Waals surface area contributed by atoms with Crippen LogP contribution in [-0.4, -0.2) is 21.7 Å². The van der Waals surface area contributed by atoms with Crippen molar-refractivity contribution in [1.82, 2.24) is 4.57 Å². The molecular formula is C9H16N2O3. The molecule has 80 valence electrons. The van der Waals surface area contributed by atoms with Gasteiger partial charge >= 0.3 is 0 Å². The molecule has 1 aromatic heterocycles. The van der Waals surface area contributed by atoms with Gasteiger partial charge in [-0.05, 0) is 13.8 Å². The first kappa shape index (κ1) is 12.6. The molecule has 0 aliphatic heterocycles. The molecule has 1 heterocycles. The maximum Gasteiger partial charge on any atom is 0.243 e. The van der Waals surface area contributed by atoms with Crippen LogP contribution in [0.25, 0.3) is 0 Å². The fourth-order valence-electron chi connectivity index (χ4n) is 0.689. The number of imidazole rings is 1. The molecule has 0 saturated heterocycles. The van der Waals surface area contributed by atoms with E-state index in [0.29, 0.717) is 0 Å². The minimum absolute atomic E-state index is 1.06. The molecule has 0 fully saturated rings. The quantitative estimate of drug-likeness (QED) is 0.588. The van der Waals surface area contributed by atoms with Crippen LogP contribution in [0.5, 0.6) is 0 Å². The highest BCUT2D eigenvalue weighted by Crippen LogP contribution is 1.79. The molecule has 0 saturated carbocycles. The van der Waals surface area contributed by atoms with Crippen molar-refractivity contribution in [2.45, 2.75) is 26.5 Å². The number of carbonyl (C=O) groups is 1. The molecule has 0 radical (unpaired) electrons. The van der Waals surface area contributed by atoms with Gasteiger partial charge in [-0.25, -0.2) is 9.13 Å².